The summed E-state index contributed by atoms with van der Waals surface area (Å²) in [5.74, 6) is 0.662. The van der Waals surface area contributed by atoms with Crippen molar-refractivity contribution in [1.82, 2.24) is 15.4 Å². The SMILES string of the molecule is CN=C(NCCNS(C)(=O)=O)NCC(C)(C)c1cccs1. The van der Waals surface area contributed by atoms with Crippen molar-refractivity contribution < 1.29 is 8.42 Å². The van der Waals surface area contributed by atoms with Gasteiger partial charge in [-0.25, -0.2) is 13.1 Å². The Bertz CT molecular complexity index is 551. The third-order valence-corrected chi connectivity index (χ3v) is 4.86. The summed E-state index contributed by atoms with van der Waals surface area (Å²) >= 11 is 1.74. The number of rotatable bonds is 7. The Kier molecular flexibility index (Phi) is 6.63. The van der Waals surface area contributed by atoms with E-state index in [0.717, 1.165) is 12.8 Å². The Morgan fingerprint density at radius 2 is 2.05 bits per heavy atom. The summed E-state index contributed by atoms with van der Waals surface area (Å²) in [6.07, 6.45) is 1.14. The molecule has 6 nitrogen and oxygen atoms in total. The molecule has 0 atom stereocenters. The van der Waals surface area contributed by atoms with Gasteiger partial charge < -0.3 is 10.6 Å². The highest BCUT2D eigenvalue weighted by molar-refractivity contribution is 7.88. The van der Waals surface area contributed by atoms with E-state index in [9.17, 15) is 8.42 Å². The van der Waals surface area contributed by atoms with E-state index in [1.54, 1.807) is 18.4 Å². The molecule has 1 rings (SSSR count). The molecular weight excluding hydrogens is 308 g/mol. The molecule has 1 heterocycles. The maximum absolute atomic E-state index is 11.0. The Morgan fingerprint density at radius 3 is 2.57 bits per heavy atom. The minimum atomic E-state index is -3.14. The monoisotopic (exact) mass is 332 g/mol. The topological polar surface area (TPSA) is 82.6 Å². The van der Waals surface area contributed by atoms with Gasteiger partial charge >= 0.3 is 0 Å². The van der Waals surface area contributed by atoms with Crippen LogP contribution < -0.4 is 15.4 Å². The number of nitrogens with zero attached hydrogens (tertiary/aromatic N) is 1. The Hall–Kier alpha value is -1.12. The number of hydrogen-bond donors (Lipinski definition) is 3. The first-order valence-corrected chi connectivity index (χ1v) is 9.45. The van der Waals surface area contributed by atoms with Gasteiger partial charge in [-0.15, -0.1) is 11.3 Å². The van der Waals surface area contributed by atoms with Crippen LogP contribution in [0.15, 0.2) is 22.5 Å². The lowest BCUT2D eigenvalue weighted by molar-refractivity contribution is 0.518. The van der Waals surface area contributed by atoms with Crippen molar-refractivity contribution in [2.24, 2.45) is 4.99 Å². The summed E-state index contributed by atoms with van der Waals surface area (Å²) in [5, 5.41) is 8.41. The van der Waals surface area contributed by atoms with E-state index >= 15 is 0 Å². The summed E-state index contributed by atoms with van der Waals surface area (Å²) < 4.78 is 24.3. The van der Waals surface area contributed by atoms with Gasteiger partial charge in [0.05, 0.1) is 6.26 Å². The average molecular weight is 332 g/mol. The Labute approximate surface area is 131 Å². The average Bonchev–Trinajstić information content (AvgIpc) is 2.91. The van der Waals surface area contributed by atoms with Crippen LogP contribution in [0.3, 0.4) is 0 Å². The standard InChI is InChI=1S/C13H24N4O2S2/c1-13(2,11-6-5-9-20-11)10-16-12(14-3)15-7-8-17-21(4,18)19/h5-6,9,17H,7-8,10H2,1-4H3,(H2,14,15,16). The van der Waals surface area contributed by atoms with Crippen LogP contribution in [-0.4, -0.2) is 47.3 Å². The van der Waals surface area contributed by atoms with Crippen molar-refractivity contribution >= 4 is 27.3 Å². The minimum Gasteiger partial charge on any atom is -0.356 e. The smallest absolute Gasteiger partial charge is 0.208 e. The van der Waals surface area contributed by atoms with Gasteiger partial charge in [0.15, 0.2) is 5.96 Å². The molecule has 0 aliphatic rings. The number of sulfonamides is 1. The molecule has 0 amide bonds. The van der Waals surface area contributed by atoms with Crippen molar-refractivity contribution in [2.45, 2.75) is 19.3 Å². The largest absolute Gasteiger partial charge is 0.356 e. The lowest BCUT2D eigenvalue weighted by Crippen LogP contribution is -2.45. The number of aliphatic imine (C=N–C) groups is 1. The molecule has 21 heavy (non-hydrogen) atoms. The van der Waals surface area contributed by atoms with E-state index in [-0.39, 0.29) is 5.41 Å². The number of thiophene rings is 1. The molecule has 0 spiro atoms. The highest BCUT2D eigenvalue weighted by Gasteiger charge is 2.21. The van der Waals surface area contributed by atoms with Crippen LogP contribution in [-0.2, 0) is 15.4 Å². The summed E-state index contributed by atoms with van der Waals surface area (Å²) in [7, 11) is -1.45. The first kappa shape index (κ1) is 17.9. The molecule has 1 aromatic rings. The molecule has 0 bridgehead atoms. The highest BCUT2D eigenvalue weighted by atomic mass is 32.2. The second kappa shape index (κ2) is 7.77. The minimum absolute atomic E-state index is 0.0107. The molecule has 0 saturated carbocycles. The van der Waals surface area contributed by atoms with Gasteiger partial charge in [0.1, 0.15) is 0 Å². The van der Waals surface area contributed by atoms with E-state index in [1.807, 2.05) is 6.07 Å². The summed E-state index contributed by atoms with van der Waals surface area (Å²) in [6.45, 7) is 5.89. The molecule has 120 valence electrons. The van der Waals surface area contributed by atoms with Crippen molar-refractivity contribution in [3.63, 3.8) is 0 Å². The van der Waals surface area contributed by atoms with Gasteiger partial charge in [-0.1, -0.05) is 19.9 Å². The molecule has 0 aromatic carbocycles. The predicted octanol–water partition coefficient (Wildman–Crippen LogP) is 0.740. The molecule has 0 saturated heterocycles. The number of nitrogens with one attached hydrogen (secondary N) is 3. The van der Waals surface area contributed by atoms with Crippen molar-refractivity contribution in [2.75, 3.05) is 32.9 Å². The van der Waals surface area contributed by atoms with Gasteiger partial charge in [0, 0.05) is 37.0 Å². The zero-order valence-electron chi connectivity index (χ0n) is 12.9. The van der Waals surface area contributed by atoms with Crippen LogP contribution in [0.1, 0.15) is 18.7 Å². The van der Waals surface area contributed by atoms with Gasteiger partial charge in [0.25, 0.3) is 0 Å². The third kappa shape index (κ3) is 6.92. The fourth-order valence-electron chi connectivity index (χ4n) is 1.69. The van der Waals surface area contributed by atoms with Gasteiger partial charge in [0.2, 0.25) is 10.0 Å². The predicted molar refractivity (Wildman–Crippen MR) is 89.6 cm³/mol. The van der Waals surface area contributed by atoms with Crippen molar-refractivity contribution in [3.05, 3.63) is 22.4 Å². The van der Waals surface area contributed by atoms with Crippen LogP contribution in [0.25, 0.3) is 0 Å². The van der Waals surface area contributed by atoms with E-state index < -0.39 is 10.0 Å². The highest BCUT2D eigenvalue weighted by Crippen LogP contribution is 2.26. The zero-order chi connectivity index (χ0) is 15.9. The number of hydrogen-bond acceptors (Lipinski definition) is 4. The molecule has 0 aliphatic heterocycles. The molecular formula is C13H24N4O2S2. The quantitative estimate of drug-likeness (QED) is 0.391. The van der Waals surface area contributed by atoms with Crippen LogP contribution in [0.5, 0.6) is 0 Å². The maximum Gasteiger partial charge on any atom is 0.208 e. The summed E-state index contributed by atoms with van der Waals surface area (Å²) in [4.78, 5) is 5.44. The molecule has 0 unspecified atom stereocenters. The normalized spacial score (nSPS) is 13.2. The van der Waals surface area contributed by atoms with Crippen LogP contribution in [0.4, 0.5) is 0 Å². The van der Waals surface area contributed by atoms with Crippen molar-refractivity contribution in [3.8, 4) is 0 Å². The van der Waals surface area contributed by atoms with E-state index in [4.69, 9.17) is 0 Å². The van der Waals surface area contributed by atoms with Crippen LogP contribution in [0.2, 0.25) is 0 Å². The first-order chi connectivity index (χ1) is 9.74. The fraction of sp³-hybridized carbons (Fsp3) is 0.615. The fourth-order valence-corrected chi connectivity index (χ4v) is 3.02. The van der Waals surface area contributed by atoms with Crippen LogP contribution in [0, 0.1) is 0 Å². The lowest BCUT2D eigenvalue weighted by Gasteiger charge is -2.25. The molecule has 0 radical (unpaired) electrons. The second-order valence-corrected chi connectivity index (χ2v) is 8.16. The van der Waals surface area contributed by atoms with E-state index in [2.05, 4.69) is 45.6 Å². The molecule has 0 aliphatic carbocycles. The van der Waals surface area contributed by atoms with Gasteiger partial charge in [-0.2, -0.15) is 0 Å². The Balaban J connectivity index is 2.38. The molecule has 1 aromatic heterocycles. The van der Waals surface area contributed by atoms with E-state index in [0.29, 0.717) is 19.0 Å². The molecule has 0 fully saturated rings. The Morgan fingerprint density at radius 1 is 1.33 bits per heavy atom. The third-order valence-electron chi connectivity index (χ3n) is 2.89. The second-order valence-electron chi connectivity index (χ2n) is 5.38. The zero-order valence-corrected chi connectivity index (χ0v) is 14.6. The lowest BCUT2D eigenvalue weighted by atomic mass is 9.91. The van der Waals surface area contributed by atoms with Crippen LogP contribution >= 0.6 is 11.3 Å². The molecule has 3 N–H and O–H groups in total. The van der Waals surface area contributed by atoms with Gasteiger partial charge in [-0.05, 0) is 11.4 Å². The summed E-state index contributed by atoms with van der Waals surface area (Å²) in [6, 6.07) is 4.17. The first-order valence-electron chi connectivity index (χ1n) is 6.68. The van der Waals surface area contributed by atoms with E-state index in [1.165, 1.54) is 4.88 Å². The summed E-state index contributed by atoms with van der Waals surface area (Å²) in [5.41, 5.74) is 0.0107. The number of guanidine groups is 1. The van der Waals surface area contributed by atoms with Gasteiger partial charge in [-0.3, -0.25) is 4.99 Å². The molecule has 8 heteroatoms. The van der Waals surface area contributed by atoms with Crippen molar-refractivity contribution in [1.29, 1.82) is 0 Å². The maximum atomic E-state index is 11.0.